The fraction of sp³-hybridized carbons (Fsp3) is 0.933. The number of hydrogen-bond donors (Lipinski definition) is 1. The quantitative estimate of drug-likeness (QED) is 0.852. The molecule has 1 N–H and O–H groups in total. The molecule has 0 bridgehead atoms. The van der Waals surface area contributed by atoms with Crippen molar-refractivity contribution in [1.29, 1.82) is 0 Å². The molecule has 2 aliphatic heterocycles. The predicted octanol–water partition coefficient (Wildman–Crippen LogP) is 2.28. The molecular weight excluding hydrogens is 242 g/mol. The summed E-state index contributed by atoms with van der Waals surface area (Å²) in [6.07, 6.45) is 8.46. The summed E-state index contributed by atoms with van der Waals surface area (Å²) in [5, 5.41) is 9.25. The minimum atomic E-state index is -0.630. The molecule has 3 fully saturated rings. The van der Waals surface area contributed by atoms with Crippen LogP contribution in [-0.4, -0.2) is 47.8 Å². The van der Waals surface area contributed by atoms with Crippen LogP contribution in [0.5, 0.6) is 0 Å². The molecule has 0 aromatic heterocycles. The molecule has 2 saturated heterocycles. The minimum absolute atomic E-state index is 0.0341. The number of rotatable bonds is 3. The third-order valence-electron chi connectivity index (χ3n) is 5.54. The zero-order chi connectivity index (χ0) is 13.3. The molecule has 1 saturated carbocycles. The molecule has 3 aliphatic rings. The normalized spacial score (nSPS) is 29.9. The Kier molecular flexibility index (Phi) is 3.56. The molecule has 0 aromatic carbocycles. The van der Waals surface area contributed by atoms with Gasteiger partial charge in [-0.15, -0.1) is 0 Å². The SMILES string of the molecule is O=C(O)CC1(N2CC3(CCOCC3)C2)CCCCC1. The largest absolute Gasteiger partial charge is 0.481 e. The summed E-state index contributed by atoms with van der Waals surface area (Å²) in [6, 6.07) is 0. The van der Waals surface area contributed by atoms with Gasteiger partial charge in [-0.25, -0.2) is 0 Å². The Morgan fingerprint density at radius 1 is 1.05 bits per heavy atom. The Labute approximate surface area is 115 Å². The lowest BCUT2D eigenvalue weighted by molar-refractivity contribution is -0.156. The second-order valence-electron chi connectivity index (χ2n) is 6.82. The molecule has 0 aromatic rings. The second-order valence-corrected chi connectivity index (χ2v) is 6.82. The van der Waals surface area contributed by atoms with Gasteiger partial charge >= 0.3 is 5.97 Å². The van der Waals surface area contributed by atoms with E-state index in [1.54, 1.807) is 0 Å². The van der Waals surface area contributed by atoms with Crippen LogP contribution in [0, 0.1) is 5.41 Å². The molecular formula is C15H25NO3. The summed E-state index contributed by atoms with van der Waals surface area (Å²) >= 11 is 0. The number of nitrogens with zero attached hydrogens (tertiary/aromatic N) is 1. The summed E-state index contributed by atoms with van der Waals surface area (Å²) < 4.78 is 5.46. The Morgan fingerprint density at radius 3 is 2.26 bits per heavy atom. The highest BCUT2D eigenvalue weighted by Gasteiger charge is 2.52. The van der Waals surface area contributed by atoms with Crippen molar-refractivity contribution < 1.29 is 14.6 Å². The average Bonchev–Trinajstić information content (AvgIpc) is 2.37. The number of aliphatic carboxylic acids is 1. The third kappa shape index (κ3) is 2.52. The Bertz CT molecular complexity index is 335. The van der Waals surface area contributed by atoms with E-state index in [0.29, 0.717) is 11.8 Å². The molecule has 4 nitrogen and oxygen atoms in total. The van der Waals surface area contributed by atoms with Crippen LogP contribution in [0.4, 0.5) is 0 Å². The molecule has 0 unspecified atom stereocenters. The van der Waals surface area contributed by atoms with E-state index in [9.17, 15) is 9.90 Å². The van der Waals surface area contributed by atoms with Crippen LogP contribution in [-0.2, 0) is 9.53 Å². The van der Waals surface area contributed by atoms with Gasteiger partial charge in [0.05, 0.1) is 6.42 Å². The van der Waals surface area contributed by atoms with Crippen molar-refractivity contribution >= 4 is 5.97 Å². The maximum absolute atomic E-state index is 11.2. The number of ether oxygens (including phenoxy) is 1. The van der Waals surface area contributed by atoms with Crippen molar-refractivity contribution in [3.8, 4) is 0 Å². The first-order chi connectivity index (χ1) is 9.14. The van der Waals surface area contributed by atoms with Gasteiger partial charge < -0.3 is 9.84 Å². The van der Waals surface area contributed by atoms with Crippen LogP contribution in [0.1, 0.15) is 51.4 Å². The standard InChI is InChI=1S/C15H25NO3/c17-13(18)10-15(4-2-1-3-5-15)16-11-14(12-16)6-8-19-9-7-14/h1-12H2,(H,17,18). The molecule has 0 atom stereocenters. The fourth-order valence-electron chi connectivity index (χ4n) is 4.32. The van der Waals surface area contributed by atoms with E-state index in [1.807, 2.05) is 0 Å². The zero-order valence-corrected chi connectivity index (χ0v) is 11.7. The Balaban J connectivity index is 1.66. The van der Waals surface area contributed by atoms with Gasteiger partial charge in [0.25, 0.3) is 0 Å². The minimum Gasteiger partial charge on any atom is -0.481 e. The summed E-state index contributed by atoms with van der Waals surface area (Å²) in [5.41, 5.74) is 0.412. The van der Waals surface area contributed by atoms with E-state index in [4.69, 9.17) is 4.74 Å². The van der Waals surface area contributed by atoms with Gasteiger partial charge in [-0.05, 0) is 25.7 Å². The zero-order valence-electron chi connectivity index (χ0n) is 11.7. The van der Waals surface area contributed by atoms with Gasteiger partial charge in [0.1, 0.15) is 0 Å². The molecule has 0 amide bonds. The molecule has 3 rings (SSSR count). The van der Waals surface area contributed by atoms with Crippen LogP contribution in [0.25, 0.3) is 0 Å². The first-order valence-electron chi connectivity index (χ1n) is 7.69. The third-order valence-corrected chi connectivity index (χ3v) is 5.54. The lowest BCUT2D eigenvalue weighted by Crippen LogP contribution is -2.67. The van der Waals surface area contributed by atoms with Gasteiger partial charge in [0.2, 0.25) is 0 Å². The lowest BCUT2D eigenvalue weighted by Gasteiger charge is -2.60. The number of carbonyl (C=O) groups is 1. The topological polar surface area (TPSA) is 49.8 Å². The molecule has 108 valence electrons. The highest BCUT2D eigenvalue weighted by atomic mass is 16.5. The molecule has 2 heterocycles. The van der Waals surface area contributed by atoms with E-state index in [-0.39, 0.29) is 5.54 Å². The molecule has 1 spiro atoms. The smallest absolute Gasteiger partial charge is 0.305 e. The van der Waals surface area contributed by atoms with Gasteiger partial charge in [0, 0.05) is 37.3 Å². The van der Waals surface area contributed by atoms with Gasteiger partial charge in [-0.1, -0.05) is 19.3 Å². The molecule has 19 heavy (non-hydrogen) atoms. The van der Waals surface area contributed by atoms with E-state index in [1.165, 1.54) is 19.3 Å². The van der Waals surface area contributed by atoms with Crippen molar-refractivity contribution in [2.24, 2.45) is 5.41 Å². The van der Waals surface area contributed by atoms with Crippen molar-refractivity contribution in [3.63, 3.8) is 0 Å². The fourth-order valence-corrected chi connectivity index (χ4v) is 4.32. The van der Waals surface area contributed by atoms with Crippen molar-refractivity contribution in [2.45, 2.75) is 56.9 Å². The van der Waals surface area contributed by atoms with E-state index in [2.05, 4.69) is 4.90 Å². The summed E-state index contributed by atoms with van der Waals surface area (Å²) in [6.45, 7) is 3.98. The van der Waals surface area contributed by atoms with Crippen LogP contribution in [0.3, 0.4) is 0 Å². The summed E-state index contributed by atoms with van der Waals surface area (Å²) in [7, 11) is 0. The van der Waals surface area contributed by atoms with Crippen LogP contribution >= 0.6 is 0 Å². The van der Waals surface area contributed by atoms with Crippen LogP contribution in [0.15, 0.2) is 0 Å². The molecule has 0 radical (unpaired) electrons. The van der Waals surface area contributed by atoms with Crippen LogP contribution < -0.4 is 0 Å². The van der Waals surface area contributed by atoms with Crippen LogP contribution in [0.2, 0.25) is 0 Å². The van der Waals surface area contributed by atoms with Gasteiger partial charge in [0.15, 0.2) is 0 Å². The monoisotopic (exact) mass is 267 g/mol. The van der Waals surface area contributed by atoms with Gasteiger partial charge in [-0.2, -0.15) is 0 Å². The van der Waals surface area contributed by atoms with Crippen molar-refractivity contribution in [3.05, 3.63) is 0 Å². The second kappa shape index (κ2) is 5.06. The average molecular weight is 267 g/mol. The molecule has 4 heteroatoms. The highest BCUT2D eigenvalue weighted by Crippen LogP contribution is 2.48. The van der Waals surface area contributed by atoms with Crippen molar-refractivity contribution in [2.75, 3.05) is 26.3 Å². The number of carboxylic acid groups (broad SMARTS) is 1. The first-order valence-corrected chi connectivity index (χ1v) is 7.69. The Morgan fingerprint density at radius 2 is 1.68 bits per heavy atom. The lowest BCUT2D eigenvalue weighted by atomic mass is 9.67. The van der Waals surface area contributed by atoms with E-state index >= 15 is 0 Å². The summed E-state index contributed by atoms with van der Waals surface area (Å²) in [4.78, 5) is 13.7. The number of hydrogen-bond acceptors (Lipinski definition) is 3. The maximum atomic E-state index is 11.2. The number of carboxylic acids is 1. The maximum Gasteiger partial charge on any atom is 0.305 e. The molecule has 1 aliphatic carbocycles. The van der Waals surface area contributed by atoms with E-state index < -0.39 is 5.97 Å². The highest BCUT2D eigenvalue weighted by molar-refractivity contribution is 5.68. The predicted molar refractivity (Wildman–Crippen MR) is 72.1 cm³/mol. The summed E-state index contributed by atoms with van der Waals surface area (Å²) in [5.74, 6) is -0.630. The van der Waals surface area contributed by atoms with E-state index in [0.717, 1.165) is 52.0 Å². The van der Waals surface area contributed by atoms with Crippen molar-refractivity contribution in [1.82, 2.24) is 4.90 Å². The first kappa shape index (κ1) is 13.4. The number of likely N-dealkylation sites (tertiary alicyclic amines) is 1. The Hall–Kier alpha value is -0.610. The van der Waals surface area contributed by atoms with Gasteiger partial charge in [-0.3, -0.25) is 9.69 Å².